The van der Waals surface area contributed by atoms with E-state index in [1.54, 1.807) is 0 Å². The van der Waals surface area contributed by atoms with Crippen LogP contribution in [0.4, 0.5) is 0 Å². The van der Waals surface area contributed by atoms with E-state index < -0.39 is 6.10 Å². The van der Waals surface area contributed by atoms with Gasteiger partial charge in [-0.2, -0.15) is 0 Å². The lowest BCUT2D eigenvalue weighted by molar-refractivity contribution is -0.0992. The summed E-state index contributed by atoms with van der Waals surface area (Å²) in [5, 5.41) is 10.7. The predicted molar refractivity (Wildman–Crippen MR) is 95.8 cm³/mol. The van der Waals surface area contributed by atoms with Crippen molar-refractivity contribution in [1.82, 2.24) is 0 Å². The van der Waals surface area contributed by atoms with Crippen molar-refractivity contribution in [2.24, 2.45) is 11.7 Å². The molecule has 25 heavy (non-hydrogen) atoms. The van der Waals surface area contributed by atoms with Crippen LogP contribution in [0.1, 0.15) is 30.0 Å². The van der Waals surface area contributed by atoms with E-state index in [1.807, 2.05) is 48.5 Å². The number of ether oxygens (including phenoxy) is 2. The van der Waals surface area contributed by atoms with Crippen LogP contribution >= 0.6 is 0 Å². The molecule has 2 aromatic carbocycles. The average molecular weight is 339 g/mol. The highest BCUT2D eigenvalue weighted by atomic mass is 16.5. The van der Waals surface area contributed by atoms with E-state index in [9.17, 15) is 5.11 Å². The van der Waals surface area contributed by atoms with Crippen molar-refractivity contribution >= 4 is 0 Å². The molecule has 4 rings (SSSR count). The molecule has 3 N–H and O–H groups in total. The first-order valence-electron chi connectivity index (χ1n) is 9.02. The van der Waals surface area contributed by atoms with E-state index in [4.69, 9.17) is 15.2 Å². The van der Waals surface area contributed by atoms with Gasteiger partial charge >= 0.3 is 0 Å². The number of benzene rings is 2. The molecule has 2 fully saturated rings. The Morgan fingerprint density at radius 3 is 2.36 bits per heavy atom. The zero-order chi connectivity index (χ0) is 17.2. The lowest BCUT2D eigenvalue weighted by Gasteiger charge is -2.30. The van der Waals surface area contributed by atoms with Crippen LogP contribution in [-0.2, 0) is 16.1 Å². The van der Waals surface area contributed by atoms with E-state index in [1.165, 1.54) is 5.56 Å². The normalized spacial score (nSPS) is 32.5. The molecule has 2 aliphatic rings. The summed E-state index contributed by atoms with van der Waals surface area (Å²) in [6.45, 7) is 0.594. The maximum absolute atomic E-state index is 10.7. The van der Waals surface area contributed by atoms with Crippen molar-refractivity contribution in [2.45, 2.75) is 49.9 Å². The fourth-order valence-electron chi connectivity index (χ4n) is 4.15. The minimum atomic E-state index is -0.537. The monoisotopic (exact) mass is 339 g/mol. The van der Waals surface area contributed by atoms with Gasteiger partial charge in [0.15, 0.2) is 0 Å². The summed E-state index contributed by atoms with van der Waals surface area (Å²) in [4.78, 5) is 0. The molecule has 0 saturated carbocycles. The molecule has 132 valence electrons. The molecule has 2 bridgehead atoms. The minimum Gasteiger partial charge on any atom is -0.390 e. The van der Waals surface area contributed by atoms with E-state index in [-0.39, 0.29) is 30.3 Å². The Morgan fingerprint density at radius 1 is 1.00 bits per heavy atom. The fraction of sp³-hybridized carbons (Fsp3) is 0.429. The summed E-state index contributed by atoms with van der Waals surface area (Å²) in [5.74, 6) is -0.0854. The molecule has 0 spiro atoms. The van der Waals surface area contributed by atoms with Crippen LogP contribution in [0.15, 0.2) is 60.7 Å². The molecule has 2 heterocycles. The van der Waals surface area contributed by atoms with Crippen LogP contribution in [0.2, 0.25) is 0 Å². The van der Waals surface area contributed by atoms with Crippen LogP contribution in [0, 0.1) is 5.92 Å². The quantitative estimate of drug-likeness (QED) is 0.879. The second-order valence-electron chi connectivity index (χ2n) is 7.11. The van der Waals surface area contributed by atoms with Crippen LogP contribution in [0.25, 0.3) is 0 Å². The van der Waals surface area contributed by atoms with Gasteiger partial charge in [0, 0.05) is 24.8 Å². The van der Waals surface area contributed by atoms with Gasteiger partial charge in [0.1, 0.15) is 0 Å². The van der Waals surface area contributed by atoms with E-state index >= 15 is 0 Å². The Labute approximate surface area is 148 Å². The first kappa shape index (κ1) is 16.7. The van der Waals surface area contributed by atoms with E-state index in [2.05, 4.69) is 12.1 Å². The van der Waals surface area contributed by atoms with Gasteiger partial charge in [-0.25, -0.2) is 0 Å². The van der Waals surface area contributed by atoms with Crippen molar-refractivity contribution in [3.05, 3.63) is 71.8 Å². The second-order valence-corrected chi connectivity index (χ2v) is 7.11. The first-order valence-corrected chi connectivity index (χ1v) is 9.02. The van der Waals surface area contributed by atoms with Gasteiger partial charge in [-0.05, 0) is 11.1 Å². The summed E-state index contributed by atoms with van der Waals surface area (Å²) in [7, 11) is 0. The third-order valence-corrected chi connectivity index (χ3v) is 5.47. The highest BCUT2D eigenvalue weighted by Crippen LogP contribution is 2.43. The molecule has 0 aromatic heterocycles. The molecule has 1 unspecified atom stereocenters. The summed E-state index contributed by atoms with van der Waals surface area (Å²) in [5.41, 5.74) is 8.69. The number of fused-ring (bicyclic) bond motifs is 2. The van der Waals surface area contributed by atoms with Gasteiger partial charge in [-0.15, -0.1) is 0 Å². The smallest absolute Gasteiger partial charge is 0.0874 e. The molecule has 4 heteroatoms. The van der Waals surface area contributed by atoms with Crippen molar-refractivity contribution in [2.75, 3.05) is 0 Å². The minimum absolute atomic E-state index is 0.0512. The topological polar surface area (TPSA) is 64.7 Å². The molecule has 2 aromatic rings. The molecule has 4 nitrogen and oxygen atoms in total. The predicted octanol–water partition coefficient (Wildman–Crippen LogP) is 2.81. The van der Waals surface area contributed by atoms with E-state index in [0.717, 1.165) is 18.4 Å². The Hall–Kier alpha value is -1.72. The van der Waals surface area contributed by atoms with Gasteiger partial charge in [-0.1, -0.05) is 60.7 Å². The molecule has 0 amide bonds. The summed E-state index contributed by atoms with van der Waals surface area (Å²) < 4.78 is 12.1. The summed E-state index contributed by atoms with van der Waals surface area (Å²) >= 11 is 0. The van der Waals surface area contributed by atoms with Crippen LogP contribution < -0.4 is 5.73 Å². The van der Waals surface area contributed by atoms with Crippen LogP contribution in [-0.4, -0.2) is 29.5 Å². The number of aliphatic hydroxyl groups is 1. The largest absolute Gasteiger partial charge is 0.390 e. The summed E-state index contributed by atoms with van der Waals surface area (Å²) in [6.07, 6.45) is 0.842. The third-order valence-electron chi connectivity index (χ3n) is 5.47. The van der Waals surface area contributed by atoms with Crippen LogP contribution in [0.3, 0.4) is 0 Å². The lowest BCUT2D eigenvalue weighted by Crippen LogP contribution is -2.35. The number of hydrogen-bond acceptors (Lipinski definition) is 4. The van der Waals surface area contributed by atoms with E-state index in [0.29, 0.717) is 6.61 Å². The van der Waals surface area contributed by atoms with Gasteiger partial charge in [0.05, 0.1) is 31.0 Å². The zero-order valence-corrected chi connectivity index (χ0v) is 14.2. The highest BCUT2D eigenvalue weighted by Gasteiger charge is 2.51. The van der Waals surface area contributed by atoms with Gasteiger partial charge in [0.25, 0.3) is 0 Å². The van der Waals surface area contributed by atoms with Crippen molar-refractivity contribution in [3.8, 4) is 0 Å². The third kappa shape index (κ3) is 3.48. The van der Waals surface area contributed by atoms with Crippen molar-refractivity contribution < 1.29 is 14.6 Å². The molecule has 2 aliphatic heterocycles. The summed E-state index contributed by atoms with van der Waals surface area (Å²) in [6, 6.07) is 19.9. The second kappa shape index (κ2) is 7.26. The SMILES string of the molecule is NC(c1ccccc1)[C@H]1[C@@H](O)[C@@H]2C[C@H](OCc3ccccc3)C[C@H]1O2. The van der Waals surface area contributed by atoms with Crippen LogP contribution in [0.5, 0.6) is 0 Å². The Morgan fingerprint density at radius 2 is 1.64 bits per heavy atom. The molecular formula is C21H25NO3. The van der Waals surface area contributed by atoms with Gasteiger partial charge in [-0.3, -0.25) is 0 Å². The Balaban J connectivity index is 1.42. The number of aliphatic hydroxyl groups excluding tert-OH is 1. The molecule has 6 atom stereocenters. The standard InChI is InChI=1S/C21H25NO3/c22-20(15-9-5-2-6-10-15)19-17-11-16(12-18(25-17)21(19)23)24-13-14-7-3-1-4-8-14/h1-10,16-21,23H,11-13,22H2/t16-,17-,18+,19+,20?,21+/m1/s1. The maximum atomic E-state index is 10.7. The molecule has 0 aliphatic carbocycles. The lowest BCUT2D eigenvalue weighted by atomic mass is 9.85. The zero-order valence-electron chi connectivity index (χ0n) is 14.2. The van der Waals surface area contributed by atoms with Crippen molar-refractivity contribution in [3.63, 3.8) is 0 Å². The molecule has 0 radical (unpaired) electrons. The number of hydrogen-bond donors (Lipinski definition) is 2. The van der Waals surface area contributed by atoms with Gasteiger partial charge < -0.3 is 20.3 Å². The first-order chi connectivity index (χ1) is 12.2. The fourth-order valence-corrected chi connectivity index (χ4v) is 4.15. The number of rotatable bonds is 5. The Bertz CT molecular complexity index is 678. The molecular weight excluding hydrogens is 314 g/mol. The Kier molecular flexibility index (Phi) is 4.86. The van der Waals surface area contributed by atoms with Gasteiger partial charge in [0.2, 0.25) is 0 Å². The van der Waals surface area contributed by atoms with Crippen molar-refractivity contribution in [1.29, 1.82) is 0 Å². The molecule has 2 saturated heterocycles. The highest BCUT2D eigenvalue weighted by molar-refractivity contribution is 5.21. The maximum Gasteiger partial charge on any atom is 0.0874 e. The number of nitrogens with two attached hydrogens (primary N) is 1. The average Bonchev–Trinajstić information content (AvgIpc) is 2.89.